The van der Waals surface area contributed by atoms with Crippen LogP contribution in [0.3, 0.4) is 0 Å². The Hall–Kier alpha value is -3.41. The molecule has 0 spiro atoms. The standard InChI is InChI=1S/C18H18N4O5/c19-8-13-18(22-5-3-11(4-6-22)17(20)23)27-16(21-13)9-24-12-1-2-14-15(7-12)26-10-25-14/h1-2,7,11H,3-6,9-10H2,(H2,20,23). The van der Waals surface area contributed by atoms with Crippen molar-refractivity contribution in [1.82, 2.24) is 4.98 Å². The zero-order chi connectivity index (χ0) is 18.8. The van der Waals surface area contributed by atoms with Gasteiger partial charge in [-0.25, -0.2) is 0 Å². The molecule has 3 heterocycles. The molecule has 1 aromatic carbocycles. The minimum atomic E-state index is -0.287. The highest BCUT2D eigenvalue weighted by molar-refractivity contribution is 5.77. The fourth-order valence-electron chi connectivity index (χ4n) is 3.18. The van der Waals surface area contributed by atoms with E-state index in [1.54, 1.807) is 18.2 Å². The average Bonchev–Trinajstić information content (AvgIpc) is 3.32. The topological polar surface area (TPSA) is 124 Å². The van der Waals surface area contributed by atoms with Crippen LogP contribution < -0.4 is 24.8 Å². The van der Waals surface area contributed by atoms with Gasteiger partial charge in [0.25, 0.3) is 0 Å². The zero-order valence-electron chi connectivity index (χ0n) is 14.5. The van der Waals surface area contributed by atoms with Crippen molar-refractivity contribution in [2.75, 3.05) is 24.8 Å². The number of nitrogens with two attached hydrogens (primary N) is 1. The van der Waals surface area contributed by atoms with Gasteiger partial charge in [-0.2, -0.15) is 10.2 Å². The first-order chi connectivity index (χ1) is 13.1. The molecule has 2 N–H and O–H groups in total. The second-order valence-electron chi connectivity index (χ2n) is 6.34. The molecule has 27 heavy (non-hydrogen) atoms. The second kappa shape index (κ2) is 7.07. The van der Waals surface area contributed by atoms with Crippen molar-refractivity contribution >= 4 is 11.8 Å². The van der Waals surface area contributed by atoms with Crippen LogP contribution in [0.1, 0.15) is 24.4 Å². The van der Waals surface area contributed by atoms with Crippen molar-refractivity contribution in [3.05, 3.63) is 29.8 Å². The summed E-state index contributed by atoms with van der Waals surface area (Å²) in [5.74, 6) is 2.16. The van der Waals surface area contributed by atoms with E-state index in [0.29, 0.717) is 55.0 Å². The Kier molecular flexibility index (Phi) is 4.46. The van der Waals surface area contributed by atoms with Crippen molar-refractivity contribution in [3.63, 3.8) is 0 Å². The molecular weight excluding hydrogens is 352 g/mol. The molecule has 1 aromatic heterocycles. The third-order valence-electron chi connectivity index (χ3n) is 4.65. The van der Waals surface area contributed by atoms with E-state index in [-0.39, 0.29) is 30.9 Å². The van der Waals surface area contributed by atoms with E-state index in [0.717, 1.165) is 0 Å². The highest BCUT2D eigenvalue weighted by Crippen LogP contribution is 2.35. The molecule has 0 atom stereocenters. The van der Waals surface area contributed by atoms with Crippen LogP contribution in [0.2, 0.25) is 0 Å². The first-order valence-electron chi connectivity index (χ1n) is 8.60. The molecule has 2 aliphatic rings. The van der Waals surface area contributed by atoms with Gasteiger partial charge in [0.1, 0.15) is 11.8 Å². The molecule has 2 aromatic rings. The second-order valence-corrected chi connectivity index (χ2v) is 6.34. The first-order valence-corrected chi connectivity index (χ1v) is 8.60. The third-order valence-corrected chi connectivity index (χ3v) is 4.65. The van der Waals surface area contributed by atoms with Gasteiger partial charge in [0, 0.05) is 25.1 Å². The van der Waals surface area contributed by atoms with Crippen molar-refractivity contribution in [1.29, 1.82) is 5.26 Å². The number of nitrogens with zero attached hydrogens (tertiary/aromatic N) is 3. The van der Waals surface area contributed by atoms with Crippen LogP contribution in [-0.2, 0) is 11.4 Å². The number of fused-ring (bicyclic) bond motifs is 1. The van der Waals surface area contributed by atoms with Crippen LogP contribution in [-0.4, -0.2) is 30.8 Å². The van der Waals surface area contributed by atoms with Crippen molar-refractivity contribution < 1.29 is 23.4 Å². The summed E-state index contributed by atoms with van der Waals surface area (Å²) in [7, 11) is 0. The number of primary amides is 1. The number of nitriles is 1. The number of anilines is 1. The molecule has 9 heteroatoms. The summed E-state index contributed by atoms with van der Waals surface area (Å²) in [6, 6.07) is 7.30. The van der Waals surface area contributed by atoms with Gasteiger partial charge in [0.2, 0.25) is 30.2 Å². The number of benzene rings is 1. The van der Waals surface area contributed by atoms with Crippen molar-refractivity contribution in [3.8, 4) is 23.3 Å². The minimum absolute atomic E-state index is 0.0755. The first kappa shape index (κ1) is 17.0. The number of hydrogen-bond donors (Lipinski definition) is 1. The van der Waals surface area contributed by atoms with E-state index in [1.807, 2.05) is 11.0 Å². The van der Waals surface area contributed by atoms with E-state index < -0.39 is 0 Å². The maximum Gasteiger partial charge on any atom is 0.236 e. The number of ether oxygens (including phenoxy) is 3. The van der Waals surface area contributed by atoms with Crippen LogP contribution >= 0.6 is 0 Å². The van der Waals surface area contributed by atoms with Crippen LogP contribution in [0.25, 0.3) is 0 Å². The number of carbonyl (C=O) groups excluding carboxylic acids is 1. The molecule has 0 saturated carbocycles. The van der Waals surface area contributed by atoms with E-state index in [9.17, 15) is 10.1 Å². The average molecular weight is 370 g/mol. The van der Waals surface area contributed by atoms with Crippen molar-refractivity contribution in [2.45, 2.75) is 19.4 Å². The number of rotatable bonds is 5. The lowest BCUT2D eigenvalue weighted by atomic mass is 9.96. The van der Waals surface area contributed by atoms with Gasteiger partial charge >= 0.3 is 0 Å². The fourth-order valence-corrected chi connectivity index (χ4v) is 3.18. The number of hydrogen-bond acceptors (Lipinski definition) is 8. The van der Waals surface area contributed by atoms with Gasteiger partial charge in [-0.1, -0.05) is 0 Å². The molecule has 4 rings (SSSR count). The van der Waals surface area contributed by atoms with Gasteiger partial charge in [0.15, 0.2) is 18.1 Å². The summed E-state index contributed by atoms with van der Waals surface area (Å²) >= 11 is 0. The molecule has 1 saturated heterocycles. The Morgan fingerprint density at radius 3 is 2.85 bits per heavy atom. The predicted octanol–water partition coefficient (Wildman–Crippen LogP) is 1.56. The number of piperidine rings is 1. The number of oxazole rings is 1. The summed E-state index contributed by atoms with van der Waals surface area (Å²) < 4.78 is 22.0. The third kappa shape index (κ3) is 3.46. The van der Waals surface area contributed by atoms with Gasteiger partial charge in [-0.05, 0) is 25.0 Å². The quantitative estimate of drug-likeness (QED) is 0.841. The maximum absolute atomic E-state index is 11.3. The lowest BCUT2D eigenvalue weighted by Gasteiger charge is -2.30. The van der Waals surface area contributed by atoms with E-state index >= 15 is 0 Å². The predicted molar refractivity (Wildman–Crippen MR) is 92.2 cm³/mol. The fraction of sp³-hybridized carbons (Fsp3) is 0.389. The smallest absolute Gasteiger partial charge is 0.236 e. The minimum Gasteiger partial charge on any atom is -0.484 e. The highest BCUT2D eigenvalue weighted by atomic mass is 16.7. The summed E-state index contributed by atoms with van der Waals surface area (Å²) in [5, 5.41) is 9.35. The van der Waals surface area contributed by atoms with E-state index in [1.165, 1.54) is 0 Å². The largest absolute Gasteiger partial charge is 0.484 e. The Morgan fingerprint density at radius 2 is 2.11 bits per heavy atom. The molecule has 9 nitrogen and oxygen atoms in total. The molecule has 0 unspecified atom stereocenters. The lowest BCUT2D eigenvalue weighted by Crippen LogP contribution is -2.38. The number of amides is 1. The summed E-state index contributed by atoms with van der Waals surface area (Å²) in [6.45, 7) is 1.44. The highest BCUT2D eigenvalue weighted by Gasteiger charge is 2.27. The Morgan fingerprint density at radius 1 is 1.33 bits per heavy atom. The van der Waals surface area contributed by atoms with E-state index in [4.69, 9.17) is 24.4 Å². The summed E-state index contributed by atoms with van der Waals surface area (Å²) in [6.07, 6.45) is 1.26. The van der Waals surface area contributed by atoms with Crippen LogP contribution in [0, 0.1) is 17.2 Å². The molecule has 0 radical (unpaired) electrons. The zero-order valence-corrected chi connectivity index (χ0v) is 14.5. The Labute approximate surface area is 155 Å². The molecule has 2 aliphatic heterocycles. The van der Waals surface area contributed by atoms with Crippen LogP contribution in [0.4, 0.5) is 5.88 Å². The van der Waals surface area contributed by atoms with Gasteiger partial charge < -0.3 is 29.3 Å². The van der Waals surface area contributed by atoms with Crippen LogP contribution in [0.15, 0.2) is 22.6 Å². The van der Waals surface area contributed by atoms with Gasteiger partial charge in [-0.3, -0.25) is 4.79 Å². The van der Waals surface area contributed by atoms with Gasteiger partial charge in [0.05, 0.1) is 0 Å². The van der Waals surface area contributed by atoms with Gasteiger partial charge in [-0.15, -0.1) is 0 Å². The molecule has 0 bridgehead atoms. The monoisotopic (exact) mass is 370 g/mol. The van der Waals surface area contributed by atoms with E-state index in [2.05, 4.69) is 4.98 Å². The summed E-state index contributed by atoms with van der Waals surface area (Å²) in [5.41, 5.74) is 5.57. The molecule has 0 aliphatic carbocycles. The normalized spacial score (nSPS) is 16.2. The molecular formula is C18H18N4O5. The summed E-state index contributed by atoms with van der Waals surface area (Å²) in [4.78, 5) is 17.4. The molecule has 1 fully saturated rings. The van der Waals surface area contributed by atoms with Crippen molar-refractivity contribution in [2.24, 2.45) is 11.7 Å². The Balaban J connectivity index is 1.43. The molecule has 140 valence electrons. The maximum atomic E-state index is 11.3. The Bertz CT molecular complexity index is 896. The van der Waals surface area contributed by atoms with Crippen LogP contribution in [0.5, 0.6) is 17.2 Å². The molecule has 1 amide bonds. The number of carbonyl (C=O) groups is 1. The lowest BCUT2D eigenvalue weighted by molar-refractivity contribution is -0.122. The number of aromatic nitrogens is 1. The SMILES string of the molecule is N#Cc1nc(COc2ccc3c(c2)OCO3)oc1N1CCC(C(N)=O)CC1.